The Kier molecular flexibility index (Phi) is 6.36. The fourth-order valence-electron chi connectivity index (χ4n) is 5.75. The van der Waals surface area contributed by atoms with Gasteiger partial charge in [0.15, 0.2) is 0 Å². The van der Waals surface area contributed by atoms with Gasteiger partial charge < -0.3 is 18.7 Å². The minimum atomic E-state index is 0. The van der Waals surface area contributed by atoms with Gasteiger partial charge >= 0.3 is 21.1 Å². The van der Waals surface area contributed by atoms with Crippen molar-refractivity contribution in [2.24, 2.45) is 14.1 Å². The molecule has 0 amide bonds. The molecule has 8 aromatic rings. The van der Waals surface area contributed by atoms with Gasteiger partial charge in [0.05, 0.1) is 16.9 Å². The van der Waals surface area contributed by atoms with Crippen LogP contribution >= 0.6 is 0 Å². The van der Waals surface area contributed by atoms with Crippen molar-refractivity contribution in [2.75, 3.05) is 0 Å². The molecule has 0 unspecified atom stereocenters. The van der Waals surface area contributed by atoms with Crippen molar-refractivity contribution in [2.45, 2.75) is 0 Å². The zero-order chi connectivity index (χ0) is 27.5. The second-order valence-corrected chi connectivity index (χ2v) is 10.2. The predicted molar refractivity (Wildman–Crippen MR) is 164 cm³/mol. The summed E-state index contributed by atoms with van der Waals surface area (Å²) in [6.45, 7) is 0. The number of fused-ring (bicyclic) bond motifs is 4. The molecular formula is C35H24N6Pt. The first-order valence-electron chi connectivity index (χ1n) is 13.5. The topological polar surface area (TPSA) is 53.5 Å². The number of aryl methyl sites for hydroxylation is 2. The molecule has 42 heavy (non-hydrogen) atoms. The summed E-state index contributed by atoms with van der Waals surface area (Å²) < 4.78 is 6.42. The van der Waals surface area contributed by atoms with E-state index in [1.165, 1.54) is 0 Å². The summed E-state index contributed by atoms with van der Waals surface area (Å²) in [7, 11) is 4.07. The van der Waals surface area contributed by atoms with E-state index in [1.807, 2.05) is 72.7 Å². The van der Waals surface area contributed by atoms with Crippen LogP contribution in [0.2, 0.25) is 0 Å². The second-order valence-electron chi connectivity index (χ2n) is 10.2. The number of para-hydroxylation sites is 2. The van der Waals surface area contributed by atoms with Crippen molar-refractivity contribution in [1.82, 2.24) is 28.7 Å². The van der Waals surface area contributed by atoms with E-state index in [1.54, 1.807) is 0 Å². The molecular weight excluding hydrogens is 700 g/mol. The molecule has 0 atom stereocenters. The molecule has 0 N–H and O–H groups in total. The Bertz CT molecular complexity index is 2240. The van der Waals surface area contributed by atoms with Crippen LogP contribution in [-0.2, 0) is 35.2 Å². The van der Waals surface area contributed by atoms with Gasteiger partial charge in [0.2, 0.25) is 0 Å². The van der Waals surface area contributed by atoms with Crippen molar-refractivity contribution >= 4 is 32.8 Å². The number of imidazole rings is 2. The molecule has 0 saturated heterocycles. The number of hydrogen-bond donors (Lipinski definition) is 0. The van der Waals surface area contributed by atoms with Crippen molar-refractivity contribution in [3.63, 3.8) is 0 Å². The summed E-state index contributed by atoms with van der Waals surface area (Å²) in [5.41, 5.74) is 8.81. The Balaban J connectivity index is 0.00000288. The van der Waals surface area contributed by atoms with E-state index in [9.17, 15) is 0 Å². The standard InChI is InChI=1S/C35H24N6.Pt/c1-39-19-18-37-34(39)24-13-15-27-28-16-14-25(35-38-30-11-3-4-12-31(30)40(35)2)22-33(28)41(32(27)21-24)26-9-7-8-23(20-26)29-10-5-6-17-36-29;/h3-19,21H,1-2H3;/q-2;+2. The van der Waals surface area contributed by atoms with Gasteiger partial charge in [-0.1, -0.05) is 41.8 Å². The van der Waals surface area contributed by atoms with Crippen molar-refractivity contribution in [1.29, 1.82) is 0 Å². The quantitative estimate of drug-likeness (QED) is 0.178. The van der Waals surface area contributed by atoms with Gasteiger partial charge in [0, 0.05) is 43.8 Å². The third kappa shape index (κ3) is 4.10. The van der Waals surface area contributed by atoms with Gasteiger partial charge in [-0.3, -0.25) is 4.98 Å². The van der Waals surface area contributed by atoms with Crippen LogP contribution in [0, 0.1) is 12.1 Å². The Morgan fingerprint density at radius 1 is 0.667 bits per heavy atom. The Morgan fingerprint density at radius 3 is 2.33 bits per heavy atom. The van der Waals surface area contributed by atoms with Gasteiger partial charge in [0.25, 0.3) is 0 Å². The SMILES string of the molecule is Cn1ccnc1-c1ccc2c3ccc(-c4nc5ccccc5n4C)[c-]c3n(-c3[c-]c(-c4ccccn4)ccc3)c2c1.[Pt+2]. The summed E-state index contributed by atoms with van der Waals surface area (Å²) in [6, 6.07) is 38.6. The number of aromatic nitrogens is 6. The van der Waals surface area contributed by atoms with E-state index in [-0.39, 0.29) is 21.1 Å². The first-order valence-corrected chi connectivity index (χ1v) is 13.5. The molecule has 4 heterocycles. The molecule has 0 radical (unpaired) electrons. The zero-order valence-electron chi connectivity index (χ0n) is 22.9. The molecule has 0 aliphatic carbocycles. The van der Waals surface area contributed by atoms with Crippen molar-refractivity contribution < 1.29 is 21.1 Å². The van der Waals surface area contributed by atoms with Crippen LogP contribution in [0.15, 0.2) is 110 Å². The van der Waals surface area contributed by atoms with E-state index in [2.05, 4.69) is 86.8 Å². The Hall–Kier alpha value is -4.80. The van der Waals surface area contributed by atoms with Crippen LogP contribution in [0.1, 0.15) is 0 Å². The molecule has 8 rings (SSSR count). The Morgan fingerprint density at radius 2 is 1.52 bits per heavy atom. The molecule has 0 saturated carbocycles. The fraction of sp³-hybridized carbons (Fsp3) is 0.0571. The van der Waals surface area contributed by atoms with Gasteiger partial charge in [0.1, 0.15) is 5.82 Å². The van der Waals surface area contributed by atoms with Crippen LogP contribution in [0.5, 0.6) is 0 Å². The summed E-state index contributed by atoms with van der Waals surface area (Å²) in [6.07, 6.45) is 5.61. The van der Waals surface area contributed by atoms with Crippen LogP contribution in [-0.4, -0.2) is 28.7 Å². The maximum atomic E-state index is 4.95. The Labute approximate surface area is 257 Å². The summed E-state index contributed by atoms with van der Waals surface area (Å²) in [5, 5.41) is 2.26. The molecule has 4 aromatic heterocycles. The molecule has 0 aliphatic heterocycles. The van der Waals surface area contributed by atoms with Crippen LogP contribution in [0.4, 0.5) is 0 Å². The van der Waals surface area contributed by atoms with E-state index in [0.29, 0.717) is 0 Å². The first kappa shape index (κ1) is 26.1. The number of nitrogens with zero attached hydrogens (tertiary/aromatic N) is 6. The van der Waals surface area contributed by atoms with Crippen LogP contribution < -0.4 is 0 Å². The number of rotatable bonds is 4. The average Bonchev–Trinajstić information content (AvgIpc) is 3.70. The zero-order valence-corrected chi connectivity index (χ0v) is 25.2. The number of pyridine rings is 1. The van der Waals surface area contributed by atoms with E-state index in [0.717, 1.165) is 72.6 Å². The summed E-state index contributed by atoms with van der Waals surface area (Å²) in [5.74, 6) is 1.80. The molecule has 4 aromatic carbocycles. The maximum absolute atomic E-state index is 4.95. The molecule has 6 nitrogen and oxygen atoms in total. The van der Waals surface area contributed by atoms with E-state index < -0.39 is 0 Å². The first-order chi connectivity index (χ1) is 20.2. The third-order valence-electron chi connectivity index (χ3n) is 7.75. The molecule has 0 spiro atoms. The summed E-state index contributed by atoms with van der Waals surface area (Å²) in [4.78, 5) is 14.1. The van der Waals surface area contributed by atoms with Crippen molar-refractivity contribution in [3.8, 4) is 39.7 Å². The van der Waals surface area contributed by atoms with Gasteiger partial charge in [-0.15, -0.1) is 53.6 Å². The largest absolute Gasteiger partial charge is 2.00 e. The number of hydrogen-bond acceptors (Lipinski definition) is 3. The van der Waals surface area contributed by atoms with Crippen molar-refractivity contribution in [3.05, 3.63) is 122 Å². The fourth-order valence-corrected chi connectivity index (χ4v) is 5.75. The minimum absolute atomic E-state index is 0. The van der Waals surface area contributed by atoms with Gasteiger partial charge in [-0.2, -0.15) is 0 Å². The molecule has 0 bridgehead atoms. The molecule has 7 heteroatoms. The predicted octanol–water partition coefficient (Wildman–Crippen LogP) is 7.40. The minimum Gasteiger partial charge on any atom is -0.367 e. The van der Waals surface area contributed by atoms with E-state index >= 15 is 0 Å². The number of benzene rings is 4. The molecule has 0 aliphatic rings. The summed E-state index contributed by atoms with van der Waals surface area (Å²) >= 11 is 0. The maximum Gasteiger partial charge on any atom is 2.00 e. The smallest absolute Gasteiger partial charge is 0.367 e. The van der Waals surface area contributed by atoms with E-state index in [4.69, 9.17) is 4.98 Å². The normalized spacial score (nSPS) is 11.4. The van der Waals surface area contributed by atoms with Crippen LogP contribution in [0.25, 0.3) is 72.6 Å². The average molecular weight is 724 g/mol. The monoisotopic (exact) mass is 723 g/mol. The molecule has 204 valence electrons. The molecule has 0 fully saturated rings. The van der Waals surface area contributed by atoms with Crippen LogP contribution in [0.3, 0.4) is 0 Å². The third-order valence-corrected chi connectivity index (χ3v) is 7.75. The van der Waals surface area contributed by atoms with Gasteiger partial charge in [-0.25, -0.2) is 4.98 Å². The second kappa shape index (κ2) is 10.2. The van der Waals surface area contributed by atoms with Gasteiger partial charge in [-0.05, 0) is 46.5 Å².